The predicted molar refractivity (Wildman–Crippen MR) is 92.6 cm³/mol. The molecule has 5 nitrogen and oxygen atoms in total. The van der Waals surface area contributed by atoms with Gasteiger partial charge in [0.05, 0.1) is 11.4 Å². The summed E-state index contributed by atoms with van der Waals surface area (Å²) in [5.74, 6) is -1.46. The molecule has 0 aromatic heterocycles. The average molecular weight is 347 g/mol. The van der Waals surface area contributed by atoms with E-state index in [1.165, 1.54) is 30.0 Å². The first kappa shape index (κ1) is 18.4. The fraction of sp³-hybridized carbons (Fsp3) is 0.222. The molecule has 2 aromatic carbocycles. The van der Waals surface area contributed by atoms with Crippen LogP contribution >= 0.6 is 0 Å². The third-order valence-corrected chi connectivity index (χ3v) is 3.71. The van der Waals surface area contributed by atoms with Gasteiger partial charge in [0.25, 0.3) is 0 Å². The number of anilines is 2. The maximum Gasteiger partial charge on any atom is 0.319 e. The van der Waals surface area contributed by atoms with Gasteiger partial charge in [0, 0.05) is 26.1 Å². The van der Waals surface area contributed by atoms with Crippen LogP contribution in [-0.2, 0) is 11.2 Å². The number of rotatable bonds is 5. The normalized spacial score (nSPS) is 10.2. The molecule has 0 radical (unpaired) electrons. The Kier molecular flexibility index (Phi) is 6.05. The molecule has 0 unspecified atom stereocenters. The highest BCUT2D eigenvalue weighted by molar-refractivity contribution is 5.99. The molecule has 2 rings (SSSR count). The van der Waals surface area contributed by atoms with E-state index in [0.29, 0.717) is 11.4 Å². The molecule has 0 aliphatic heterocycles. The molecule has 0 aliphatic rings. The Hall–Kier alpha value is -2.96. The van der Waals surface area contributed by atoms with Crippen molar-refractivity contribution >= 4 is 23.3 Å². The number of hydrogen-bond donors (Lipinski definition) is 2. The van der Waals surface area contributed by atoms with E-state index >= 15 is 0 Å². The molecular weight excluding hydrogens is 328 g/mol. The van der Waals surface area contributed by atoms with Gasteiger partial charge in [-0.25, -0.2) is 13.6 Å². The van der Waals surface area contributed by atoms with Crippen molar-refractivity contribution in [3.8, 4) is 0 Å². The van der Waals surface area contributed by atoms with Crippen molar-refractivity contribution in [1.29, 1.82) is 0 Å². The quantitative estimate of drug-likeness (QED) is 0.872. The van der Waals surface area contributed by atoms with E-state index in [9.17, 15) is 18.4 Å². The SMILES string of the molecule is CC(=O)N(C)c1ccccc1NC(=O)NCCc1c(F)cccc1F. The second-order valence-corrected chi connectivity index (χ2v) is 5.43. The van der Waals surface area contributed by atoms with Crippen LogP contribution in [0.25, 0.3) is 0 Å². The highest BCUT2D eigenvalue weighted by Gasteiger charge is 2.13. The van der Waals surface area contributed by atoms with Crippen molar-refractivity contribution in [3.63, 3.8) is 0 Å². The monoisotopic (exact) mass is 347 g/mol. The molecule has 2 aromatic rings. The number of nitrogens with one attached hydrogen (secondary N) is 2. The van der Waals surface area contributed by atoms with Gasteiger partial charge < -0.3 is 15.5 Å². The number of hydrogen-bond acceptors (Lipinski definition) is 2. The molecular formula is C18H19F2N3O2. The molecule has 7 heteroatoms. The summed E-state index contributed by atoms with van der Waals surface area (Å²) in [6, 6.07) is 9.94. The maximum absolute atomic E-state index is 13.5. The van der Waals surface area contributed by atoms with Crippen LogP contribution in [0.3, 0.4) is 0 Å². The van der Waals surface area contributed by atoms with Gasteiger partial charge in [-0.15, -0.1) is 0 Å². The number of amides is 3. The van der Waals surface area contributed by atoms with Gasteiger partial charge in [0.15, 0.2) is 0 Å². The average Bonchev–Trinajstić information content (AvgIpc) is 2.57. The first-order valence-corrected chi connectivity index (χ1v) is 7.71. The van der Waals surface area contributed by atoms with E-state index in [0.717, 1.165) is 0 Å². The minimum Gasteiger partial charge on any atom is -0.338 e. The molecule has 0 spiro atoms. The lowest BCUT2D eigenvalue weighted by molar-refractivity contribution is -0.116. The highest BCUT2D eigenvalue weighted by atomic mass is 19.1. The van der Waals surface area contributed by atoms with Crippen LogP contribution in [0.5, 0.6) is 0 Å². The minimum absolute atomic E-state index is 0.0287. The first-order valence-electron chi connectivity index (χ1n) is 7.71. The molecule has 0 fully saturated rings. The minimum atomic E-state index is -0.643. The fourth-order valence-corrected chi connectivity index (χ4v) is 2.28. The van der Waals surface area contributed by atoms with Gasteiger partial charge in [-0.05, 0) is 30.7 Å². The lowest BCUT2D eigenvalue weighted by Crippen LogP contribution is -2.32. The highest BCUT2D eigenvalue weighted by Crippen LogP contribution is 2.24. The Bertz CT molecular complexity index is 760. The zero-order valence-electron chi connectivity index (χ0n) is 14.0. The molecule has 0 aliphatic carbocycles. The lowest BCUT2D eigenvalue weighted by Gasteiger charge is -2.19. The molecule has 132 valence electrons. The topological polar surface area (TPSA) is 61.4 Å². The Balaban J connectivity index is 1.96. The van der Waals surface area contributed by atoms with Crippen molar-refractivity contribution in [2.75, 3.05) is 23.8 Å². The number of urea groups is 1. The van der Waals surface area contributed by atoms with Crippen LogP contribution in [0.4, 0.5) is 25.0 Å². The molecule has 0 saturated carbocycles. The van der Waals surface area contributed by atoms with Gasteiger partial charge in [0.1, 0.15) is 11.6 Å². The van der Waals surface area contributed by atoms with E-state index in [1.54, 1.807) is 31.3 Å². The number of carbonyl (C=O) groups excluding carboxylic acids is 2. The molecule has 0 bridgehead atoms. The zero-order chi connectivity index (χ0) is 18.4. The zero-order valence-corrected chi connectivity index (χ0v) is 14.0. The van der Waals surface area contributed by atoms with Crippen LogP contribution < -0.4 is 15.5 Å². The maximum atomic E-state index is 13.5. The van der Waals surface area contributed by atoms with E-state index in [-0.39, 0.29) is 24.4 Å². The number of carbonyl (C=O) groups is 2. The molecule has 0 atom stereocenters. The number of benzene rings is 2. The first-order chi connectivity index (χ1) is 11.9. The van der Waals surface area contributed by atoms with Crippen molar-refractivity contribution in [1.82, 2.24) is 5.32 Å². The standard InChI is InChI=1S/C18H19F2N3O2/c1-12(24)23(2)17-9-4-3-8-16(17)22-18(25)21-11-10-13-14(19)6-5-7-15(13)20/h3-9H,10-11H2,1-2H3,(H2,21,22,25). The third kappa shape index (κ3) is 4.76. The predicted octanol–water partition coefficient (Wildman–Crippen LogP) is 3.31. The van der Waals surface area contributed by atoms with Crippen LogP contribution in [0, 0.1) is 11.6 Å². The number of para-hydroxylation sites is 2. The Labute approximate surface area is 144 Å². The summed E-state index contributed by atoms with van der Waals surface area (Å²) in [4.78, 5) is 24.9. The summed E-state index contributed by atoms with van der Waals surface area (Å²) >= 11 is 0. The van der Waals surface area contributed by atoms with Gasteiger partial charge in [0.2, 0.25) is 5.91 Å². The summed E-state index contributed by atoms with van der Waals surface area (Å²) in [5.41, 5.74) is 0.930. The molecule has 0 heterocycles. The van der Waals surface area contributed by atoms with E-state index < -0.39 is 17.7 Å². The fourth-order valence-electron chi connectivity index (χ4n) is 2.28. The van der Waals surface area contributed by atoms with E-state index in [2.05, 4.69) is 10.6 Å². The molecule has 0 saturated heterocycles. The smallest absolute Gasteiger partial charge is 0.319 e. The Morgan fingerprint density at radius 2 is 1.68 bits per heavy atom. The molecule has 25 heavy (non-hydrogen) atoms. The summed E-state index contributed by atoms with van der Waals surface area (Å²) in [6.45, 7) is 1.48. The summed E-state index contributed by atoms with van der Waals surface area (Å²) in [7, 11) is 1.60. The van der Waals surface area contributed by atoms with E-state index in [1.807, 2.05) is 0 Å². The summed E-state index contributed by atoms with van der Waals surface area (Å²) < 4.78 is 27.1. The Morgan fingerprint density at radius 1 is 1.04 bits per heavy atom. The molecule has 2 N–H and O–H groups in total. The van der Waals surface area contributed by atoms with Crippen molar-refractivity contribution in [3.05, 3.63) is 59.7 Å². The van der Waals surface area contributed by atoms with Crippen LogP contribution in [-0.4, -0.2) is 25.5 Å². The summed E-state index contributed by atoms with van der Waals surface area (Å²) in [5, 5.41) is 5.17. The van der Waals surface area contributed by atoms with E-state index in [4.69, 9.17) is 0 Å². The second kappa shape index (κ2) is 8.23. The number of nitrogens with zero attached hydrogens (tertiary/aromatic N) is 1. The van der Waals surface area contributed by atoms with Gasteiger partial charge in [-0.3, -0.25) is 4.79 Å². The van der Waals surface area contributed by atoms with Gasteiger partial charge >= 0.3 is 6.03 Å². The van der Waals surface area contributed by atoms with Crippen molar-refractivity contribution in [2.45, 2.75) is 13.3 Å². The molecule has 3 amide bonds. The third-order valence-electron chi connectivity index (χ3n) is 3.71. The largest absolute Gasteiger partial charge is 0.338 e. The van der Waals surface area contributed by atoms with Gasteiger partial charge in [-0.2, -0.15) is 0 Å². The van der Waals surface area contributed by atoms with Crippen LogP contribution in [0.15, 0.2) is 42.5 Å². The van der Waals surface area contributed by atoms with Gasteiger partial charge in [-0.1, -0.05) is 18.2 Å². The Morgan fingerprint density at radius 3 is 2.32 bits per heavy atom. The summed E-state index contributed by atoms with van der Waals surface area (Å²) in [6.07, 6.45) is 0.0287. The second-order valence-electron chi connectivity index (χ2n) is 5.43. The number of halogens is 2. The van der Waals surface area contributed by atoms with Crippen LogP contribution in [0.1, 0.15) is 12.5 Å². The lowest BCUT2D eigenvalue weighted by atomic mass is 10.1. The van der Waals surface area contributed by atoms with Crippen molar-refractivity contribution in [2.24, 2.45) is 0 Å². The van der Waals surface area contributed by atoms with Crippen molar-refractivity contribution < 1.29 is 18.4 Å². The van der Waals surface area contributed by atoms with Crippen LogP contribution in [0.2, 0.25) is 0 Å².